The van der Waals surface area contributed by atoms with Crippen LogP contribution in [0.3, 0.4) is 0 Å². The molecule has 24 heavy (non-hydrogen) atoms. The molecule has 0 aliphatic rings. The number of carbonyl (C=O) groups is 2. The summed E-state index contributed by atoms with van der Waals surface area (Å²) in [6.07, 6.45) is 2.75. The van der Waals surface area contributed by atoms with Crippen LogP contribution in [0.15, 0.2) is 36.5 Å². The fourth-order valence-corrected chi connectivity index (χ4v) is 2.04. The minimum atomic E-state index is -0.881. The zero-order valence-electron chi connectivity index (χ0n) is 13.0. The first-order valence-corrected chi connectivity index (χ1v) is 7.58. The Hall–Kier alpha value is -2.90. The van der Waals surface area contributed by atoms with Gasteiger partial charge < -0.3 is 15.7 Å². The minimum absolute atomic E-state index is 0.0289. The normalized spacial score (nSPS) is 10.4. The zero-order valence-corrected chi connectivity index (χ0v) is 13.0. The number of hydrogen-bond donors (Lipinski definition) is 3. The predicted octanol–water partition coefficient (Wildman–Crippen LogP) is 1.72. The van der Waals surface area contributed by atoms with E-state index in [0.29, 0.717) is 25.9 Å². The van der Waals surface area contributed by atoms with E-state index < -0.39 is 5.97 Å². The van der Waals surface area contributed by atoms with E-state index in [9.17, 15) is 14.0 Å². The average Bonchev–Trinajstić information content (AvgIpc) is 3.01. The molecule has 0 aliphatic heterocycles. The molecule has 0 saturated carbocycles. The molecule has 7 nitrogen and oxygen atoms in total. The molecule has 0 fully saturated rings. The van der Waals surface area contributed by atoms with E-state index in [2.05, 4.69) is 15.7 Å². The molecule has 0 unspecified atom stereocenters. The fraction of sp³-hybridized carbons (Fsp3) is 0.312. The van der Waals surface area contributed by atoms with Gasteiger partial charge in [-0.05, 0) is 36.8 Å². The van der Waals surface area contributed by atoms with Crippen LogP contribution in [0.25, 0.3) is 5.69 Å². The van der Waals surface area contributed by atoms with Gasteiger partial charge in [0.1, 0.15) is 5.82 Å². The largest absolute Gasteiger partial charge is 0.481 e. The van der Waals surface area contributed by atoms with Gasteiger partial charge in [-0.2, -0.15) is 5.10 Å². The SMILES string of the molecule is O=C(O)CCCNC(=O)NCCc1ccn(-c2ccc(F)cc2)n1. The second kappa shape index (κ2) is 8.66. The number of aliphatic carboxylic acids is 1. The highest BCUT2D eigenvalue weighted by atomic mass is 19.1. The van der Waals surface area contributed by atoms with Gasteiger partial charge in [0.25, 0.3) is 0 Å². The summed E-state index contributed by atoms with van der Waals surface area (Å²) < 4.78 is 14.5. The minimum Gasteiger partial charge on any atom is -0.481 e. The second-order valence-electron chi connectivity index (χ2n) is 5.16. The molecule has 0 atom stereocenters. The van der Waals surface area contributed by atoms with E-state index in [1.165, 1.54) is 12.1 Å². The van der Waals surface area contributed by atoms with Crippen LogP contribution in [-0.2, 0) is 11.2 Å². The number of benzene rings is 1. The van der Waals surface area contributed by atoms with Crippen molar-refractivity contribution < 1.29 is 19.1 Å². The highest BCUT2D eigenvalue weighted by Crippen LogP contribution is 2.09. The molecule has 2 rings (SSSR count). The molecule has 0 spiro atoms. The standard InChI is InChI=1S/C16H19FN4O3/c17-12-3-5-14(6-4-12)21-11-8-13(20-21)7-10-19-16(24)18-9-1-2-15(22)23/h3-6,8,11H,1-2,7,9-10H2,(H,22,23)(H2,18,19,24). The number of nitrogens with zero attached hydrogens (tertiary/aromatic N) is 2. The van der Waals surface area contributed by atoms with Gasteiger partial charge in [-0.3, -0.25) is 4.79 Å². The fourth-order valence-electron chi connectivity index (χ4n) is 2.04. The van der Waals surface area contributed by atoms with Gasteiger partial charge in [-0.1, -0.05) is 0 Å². The first-order chi connectivity index (χ1) is 11.5. The van der Waals surface area contributed by atoms with E-state index in [0.717, 1.165) is 11.4 Å². The summed E-state index contributed by atoms with van der Waals surface area (Å²) in [5.74, 6) is -1.18. The average molecular weight is 334 g/mol. The molecule has 1 aromatic heterocycles. The Labute approximate surface area is 138 Å². The summed E-state index contributed by atoms with van der Waals surface area (Å²) in [6.45, 7) is 0.725. The molecule has 0 bridgehead atoms. The van der Waals surface area contributed by atoms with E-state index in [4.69, 9.17) is 5.11 Å². The first-order valence-electron chi connectivity index (χ1n) is 7.58. The zero-order chi connectivity index (χ0) is 17.4. The number of aromatic nitrogens is 2. The summed E-state index contributed by atoms with van der Waals surface area (Å²) in [5, 5.41) is 18.1. The number of rotatable bonds is 8. The molecular weight excluding hydrogens is 315 g/mol. The van der Waals surface area contributed by atoms with Crippen LogP contribution in [0.2, 0.25) is 0 Å². The summed E-state index contributed by atoms with van der Waals surface area (Å²) in [5.41, 5.74) is 1.55. The Bertz CT molecular complexity index is 685. The molecule has 0 aliphatic carbocycles. The van der Waals surface area contributed by atoms with Gasteiger partial charge in [0.15, 0.2) is 0 Å². The van der Waals surface area contributed by atoms with Crippen molar-refractivity contribution in [2.45, 2.75) is 19.3 Å². The molecule has 0 saturated heterocycles. The van der Waals surface area contributed by atoms with Crippen molar-refractivity contribution in [3.63, 3.8) is 0 Å². The summed E-state index contributed by atoms with van der Waals surface area (Å²) >= 11 is 0. The van der Waals surface area contributed by atoms with Crippen LogP contribution >= 0.6 is 0 Å². The van der Waals surface area contributed by atoms with E-state index in [-0.39, 0.29) is 18.3 Å². The third kappa shape index (κ3) is 5.71. The summed E-state index contributed by atoms with van der Waals surface area (Å²) in [7, 11) is 0. The van der Waals surface area contributed by atoms with Crippen molar-refractivity contribution in [1.29, 1.82) is 0 Å². The van der Waals surface area contributed by atoms with Gasteiger partial charge in [0, 0.05) is 32.1 Å². The topological polar surface area (TPSA) is 96.3 Å². The number of urea groups is 1. The summed E-state index contributed by atoms with van der Waals surface area (Å²) in [6, 6.07) is 7.50. The maximum atomic E-state index is 12.9. The van der Waals surface area contributed by atoms with Gasteiger partial charge >= 0.3 is 12.0 Å². The Morgan fingerprint density at radius 1 is 1.12 bits per heavy atom. The van der Waals surface area contributed by atoms with Crippen molar-refractivity contribution in [2.75, 3.05) is 13.1 Å². The van der Waals surface area contributed by atoms with E-state index >= 15 is 0 Å². The number of nitrogens with one attached hydrogen (secondary N) is 2. The molecule has 2 amide bonds. The van der Waals surface area contributed by atoms with Crippen LogP contribution < -0.4 is 10.6 Å². The van der Waals surface area contributed by atoms with Gasteiger partial charge in [0.2, 0.25) is 0 Å². The molecule has 2 aromatic rings. The van der Waals surface area contributed by atoms with Crippen molar-refractivity contribution >= 4 is 12.0 Å². The number of carboxylic acids is 1. The Morgan fingerprint density at radius 3 is 2.54 bits per heavy atom. The molecular formula is C16H19FN4O3. The Kier molecular flexibility index (Phi) is 6.30. The third-order valence-corrected chi connectivity index (χ3v) is 3.26. The molecule has 1 heterocycles. The second-order valence-corrected chi connectivity index (χ2v) is 5.16. The van der Waals surface area contributed by atoms with Crippen molar-refractivity contribution in [2.24, 2.45) is 0 Å². The number of amides is 2. The van der Waals surface area contributed by atoms with Crippen molar-refractivity contribution in [1.82, 2.24) is 20.4 Å². The van der Waals surface area contributed by atoms with Crippen LogP contribution in [0.1, 0.15) is 18.5 Å². The lowest BCUT2D eigenvalue weighted by Gasteiger charge is -2.06. The number of carboxylic acid groups (broad SMARTS) is 1. The molecule has 1 aromatic carbocycles. The number of halogens is 1. The van der Waals surface area contributed by atoms with Gasteiger partial charge in [-0.15, -0.1) is 0 Å². The first kappa shape index (κ1) is 17.5. The monoisotopic (exact) mass is 334 g/mol. The van der Waals surface area contributed by atoms with E-state index in [1.54, 1.807) is 23.0 Å². The number of carbonyl (C=O) groups excluding carboxylic acids is 1. The maximum Gasteiger partial charge on any atom is 0.314 e. The lowest BCUT2D eigenvalue weighted by atomic mass is 10.3. The summed E-state index contributed by atoms with van der Waals surface area (Å²) in [4.78, 5) is 21.8. The predicted molar refractivity (Wildman–Crippen MR) is 85.5 cm³/mol. The quantitative estimate of drug-likeness (QED) is 0.641. The molecule has 0 radical (unpaired) electrons. The van der Waals surface area contributed by atoms with Crippen LogP contribution in [-0.4, -0.2) is 40.0 Å². The maximum absolute atomic E-state index is 12.9. The van der Waals surface area contributed by atoms with Crippen molar-refractivity contribution in [3.05, 3.63) is 48.0 Å². The third-order valence-electron chi connectivity index (χ3n) is 3.26. The number of hydrogen-bond acceptors (Lipinski definition) is 3. The molecule has 8 heteroatoms. The lowest BCUT2D eigenvalue weighted by molar-refractivity contribution is -0.137. The highest BCUT2D eigenvalue weighted by molar-refractivity contribution is 5.73. The van der Waals surface area contributed by atoms with Crippen LogP contribution in [0, 0.1) is 5.82 Å². The van der Waals surface area contributed by atoms with Gasteiger partial charge in [-0.25, -0.2) is 13.9 Å². The smallest absolute Gasteiger partial charge is 0.314 e. The van der Waals surface area contributed by atoms with Crippen LogP contribution in [0.4, 0.5) is 9.18 Å². The Morgan fingerprint density at radius 2 is 1.83 bits per heavy atom. The lowest BCUT2D eigenvalue weighted by Crippen LogP contribution is -2.37. The van der Waals surface area contributed by atoms with Crippen molar-refractivity contribution in [3.8, 4) is 5.69 Å². The Balaban J connectivity index is 1.70. The molecule has 128 valence electrons. The van der Waals surface area contributed by atoms with Crippen LogP contribution in [0.5, 0.6) is 0 Å². The van der Waals surface area contributed by atoms with Gasteiger partial charge in [0.05, 0.1) is 11.4 Å². The van der Waals surface area contributed by atoms with E-state index in [1.807, 2.05) is 6.07 Å². The highest BCUT2D eigenvalue weighted by Gasteiger charge is 2.04. The molecule has 3 N–H and O–H groups in total.